The average Bonchev–Trinajstić information content (AvgIpc) is 2.97. The zero-order valence-electron chi connectivity index (χ0n) is 10.6. The van der Waals surface area contributed by atoms with Crippen LogP contribution in [0, 0.1) is 11.3 Å². The quantitative estimate of drug-likeness (QED) is 0.794. The largest absolute Gasteiger partial charge is 0.387 e. The standard InChI is InChI=1S/C12H14N6O/c1-8-4-12(19-17-8)2-3-18(7-12)10-9(5-13)6-15-11(14)16-10/h6H,2-4,7H2,1H3,(H2,14,15,16). The van der Waals surface area contributed by atoms with Gasteiger partial charge in [0.2, 0.25) is 5.95 Å². The molecule has 1 spiro atoms. The summed E-state index contributed by atoms with van der Waals surface area (Å²) in [6.45, 7) is 3.40. The van der Waals surface area contributed by atoms with Gasteiger partial charge in [-0.15, -0.1) is 0 Å². The fourth-order valence-corrected chi connectivity index (χ4v) is 2.66. The molecule has 1 saturated heterocycles. The van der Waals surface area contributed by atoms with Gasteiger partial charge in [0, 0.05) is 19.4 Å². The van der Waals surface area contributed by atoms with Crippen LogP contribution in [0.2, 0.25) is 0 Å². The number of anilines is 2. The number of nitriles is 1. The van der Waals surface area contributed by atoms with Crippen molar-refractivity contribution in [2.24, 2.45) is 5.16 Å². The van der Waals surface area contributed by atoms with Crippen LogP contribution in [0.3, 0.4) is 0 Å². The molecule has 0 amide bonds. The van der Waals surface area contributed by atoms with Crippen molar-refractivity contribution in [3.05, 3.63) is 11.8 Å². The predicted octanol–water partition coefficient (Wildman–Crippen LogP) is 0.676. The van der Waals surface area contributed by atoms with Gasteiger partial charge in [0.05, 0.1) is 18.5 Å². The molecule has 1 aromatic rings. The van der Waals surface area contributed by atoms with E-state index in [0.717, 1.165) is 25.1 Å². The molecule has 2 N–H and O–H groups in total. The van der Waals surface area contributed by atoms with Gasteiger partial charge < -0.3 is 15.5 Å². The third kappa shape index (κ3) is 1.95. The number of hydrogen-bond acceptors (Lipinski definition) is 7. The molecule has 3 heterocycles. The summed E-state index contributed by atoms with van der Waals surface area (Å²) in [5.74, 6) is 0.759. The van der Waals surface area contributed by atoms with Crippen molar-refractivity contribution in [2.75, 3.05) is 23.7 Å². The number of hydrogen-bond donors (Lipinski definition) is 1. The highest BCUT2D eigenvalue weighted by atomic mass is 16.7. The molecule has 0 saturated carbocycles. The number of nitrogens with zero attached hydrogens (tertiary/aromatic N) is 5. The Morgan fingerprint density at radius 3 is 3.11 bits per heavy atom. The number of nitrogen functional groups attached to an aromatic ring is 1. The summed E-state index contributed by atoms with van der Waals surface area (Å²) < 4.78 is 0. The van der Waals surface area contributed by atoms with Gasteiger partial charge in [-0.3, -0.25) is 0 Å². The summed E-state index contributed by atoms with van der Waals surface area (Å²) in [6.07, 6.45) is 3.15. The van der Waals surface area contributed by atoms with Crippen molar-refractivity contribution >= 4 is 17.5 Å². The van der Waals surface area contributed by atoms with E-state index in [4.69, 9.17) is 15.8 Å². The molecule has 0 aliphatic carbocycles. The molecule has 19 heavy (non-hydrogen) atoms. The van der Waals surface area contributed by atoms with Crippen molar-refractivity contribution < 1.29 is 4.84 Å². The van der Waals surface area contributed by atoms with E-state index in [-0.39, 0.29) is 11.5 Å². The molecule has 3 rings (SSSR count). The lowest BCUT2D eigenvalue weighted by molar-refractivity contribution is -0.000542. The predicted molar refractivity (Wildman–Crippen MR) is 69.5 cm³/mol. The minimum atomic E-state index is -0.267. The molecule has 1 fully saturated rings. The first-order valence-electron chi connectivity index (χ1n) is 6.11. The second-order valence-electron chi connectivity index (χ2n) is 5.03. The van der Waals surface area contributed by atoms with E-state index in [1.54, 1.807) is 0 Å². The molecule has 7 nitrogen and oxygen atoms in total. The zero-order valence-corrected chi connectivity index (χ0v) is 10.6. The van der Waals surface area contributed by atoms with Crippen LogP contribution in [0.5, 0.6) is 0 Å². The molecule has 2 aliphatic heterocycles. The van der Waals surface area contributed by atoms with Gasteiger partial charge >= 0.3 is 0 Å². The lowest BCUT2D eigenvalue weighted by Gasteiger charge is -2.22. The molecule has 2 aliphatic rings. The van der Waals surface area contributed by atoms with Gasteiger partial charge in [0.15, 0.2) is 11.4 Å². The topological polar surface area (TPSA) is 100 Å². The molecular weight excluding hydrogens is 244 g/mol. The number of rotatable bonds is 1. The van der Waals surface area contributed by atoms with Crippen molar-refractivity contribution in [3.8, 4) is 6.07 Å². The Balaban J connectivity index is 1.86. The molecule has 7 heteroatoms. The number of aromatic nitrogens is 2. The molecule has 0 aromatic carbocycles. The fraction of sp³-hybridized carbons (Fsp3) is 0.500. The first-order valence-corrected chi connectivity index (χ1v) is 6.11. The fourth-order valence-electron chi connectivity index (χ4n) is 2.66. The maximum absolute atomic E-state index is 9.12. The smallest absolute Gasteiger partial charge is 0.222 e. The number of nitrogens with two attached hydrogens (primary N) is 1. The molecular formula is C12H14N6O. The summed E-state index contributed by atoms with van der Waals surface area (Å²) in [7, 11) is 0. The summed E-state index contributed by atoms with van der Waals surface area (Å²) >= 11 is 0. The van der Waals surface area contributed by atoms with Crippen LogP contribution in [-0.4, -0.2) is 34.4 Å². The lowest BCUT2D eigenvalue weighted by Crippen LogP contribution is -2.34. The van der Waals surface area contributed by atoms with E-state index in [2.05, 4.69) is 21.2 Å². The Labute approximate surface area is 110 Å². The molecule has 98 valence electrons. The minimum absolute atomic E-state index is 0.176. The van der Waals surface area contributed by atoms with E-state index in [1.807, 2.05) is 11.8 Å². The van der Waals surface area contributed by atoms with E-state index in [0.29, 0.717) is 17.9 Å². The maximum Gasteiger partial charge on any atom is 0.222 e. The Hall–Kier alpha value is -2.36. The van der Waals surface area contributed by atoms with E-state index < -0.39 is 0 Å². The summed E-state index contributed by atoms with van der Waals surface area (Å²) in [6, 6.07) is 2.10. The first kappa shape index (κ1) is 11.7. The molecule has 0 radical (unpaired) electrons. The van der Waals surface area contributed by atoms with Crippen LogP contribution in [0.15, 0.2) is 11.4 Å². The third-order valence-electron chi connectivity index (χ3n) is 3.50. The van der Waals surface area contributed by atoms with Crippen molar-refractivity contribution in [2.45, 2.75) is 25.4 Å². The third-order valence-corrected chi connectivity index (χ3v) is 3.50. The molecule has 1 atom stereocenters. The Morgan fingerprint density at radius 2 is 2.42 bits per heavy atom. The van der Waals surface area contributed by atoms with Crippen molar-refractivity contribution in [3.63, 3.8) is 0 Å². The van der Waals surface area contributed by atoms with Gasteiger partial charge in [-0.05, 0) is 6.92 Å². The minimum Gasteiger partial charge on any atom is -0.387 e. The van der Waals surface area contributed by atoms with Crippen molar-refractivity contribution in [1.82, 2.24) is 9.97 Å². The SMILES string of the molecule is CC1=NOC2(CCN(c3nc(N)ncc3C#N)C2)C1. The highest BCUT2D eigenvalue weighted by Gasteiger charge is 2.45. The van der Waals surface area contributed by atoms with Crippen molar-refractivity contribution in [1.29, 1.82) is 5.26 Å². The Kier molecular flexibility index (Phi) is 2.52. The van der Waals surface area contributed by atoms with E-state index in [1.165, 1.54) is 6.20 Å². The second-order valence-corrected chi connectivity index (χ2v) is 5.03. The average molecular weight is 258 g/mol. The highest BCUT2D eigenvalue weighted by Crippen LogP contribution is 2.36. The monoisotopic (exact) mass is 258 g/mol. The number of oxime groups is 1. The Morgan fingerprint density at radius 1 is 1.58 bits per heavy atom. The van der Waals surface area contributed by atoms with Gasteiger partial charge in [-0.1, -0.05) is 5.16 Å². The van der Waals surface area contributed by atoms with Crippen LogP contribution in [0.4, 0.5) is 11.8 Å². The van der Waals surface area contributed by atoms with E-state index in [9.17, 15) is 0 Å². The van der Waals surface area contributed by atoms with Gasteiger partial charge in [-0.25, -0.2) is 4.98 Å². The first-order chi connectivity index (χ1) is 9.12. The maximum atomic E-state index is 9.12. The summed E-state index contributed by atoms with van der Waals surface area (Å²) in [5.41, 5.74) is 6.77. The highest BCUT2D eigenvalue weighted by molar-refractivity contribution is 5.83. The normalized spacial score (nSPS) is 25.3. The molecule has 1 aromatic heterocycles. The van der Waals surface area contributed by atoms with Crippen LogP contribution in [0.1, 0.15) is 25.3 Å². The summed E-state index contributed by atoms with van der Waals surface area (Å²) in [4.78, 5) is 15.6. The van der Waals surface area contributed by atoms with Crippen LogP contribution in [0.25, 0.3) is 0 Å². The lowest BCUT2D eigenvalue weighted by atomic mass is 9.97. The Bertz CT molecular complexity index is 592. The van der Waals surface area contributed by atoms with Gasteiger partial charge in [0.1, 0.15) is 11.6 Å². The van der Waals surface area contributed by atoms with Crippen LogP contribution < -0.4 is 10.6 Å². The zero-order chi connectivity index (χ0) is 13.5. The second kappa shape index (κ2) is 4.09. The molecule has 1 unspecified atom stereocenters. The van der Waals surface area contributed by atoms with E-state index >= 15 is 0 Å². The summed E-state index contributed by atoms with van der Waals surface area (Å²) in [5, 5.41) is 13.1. The van der Waals surface area contributed by atoms with Gasteiger partial charge in [-0.2, -0.15) is 10.2 Å². The molecule has 0 bridgehead atoms. The van der Waals surface area contributed by atoms with Crippen LogP contribution >= 0.6 is 0 Å². The van der Waals surface area contributed by atoms with Gasteiger partial charge in [0.25, 0.3) is 0 Å². The van der Waals surface area contributed by atoms with Crippen LogP contribution in [-0.2, 0) is 4.84 Å².